The molecule has 9 heavy (non-hydrogen) atoms. The van der Waals surface area contributed by atoms with E-state index in [1.807, 2.05) is 0 Å². The maximum Gasteiger partial charge on any atom is 0.0506 e. The summed E-state index contributed by atoms with van der Waals surface area (Å²) < 4.78 is 0. The number of nitrogens with one attached hydrogen (secondary N) is 2. The van der Waals surface area contributed by atoms with E-state index in [1.165, 1.54) is 0 Å². The van der Waals surface area contributed by atoms with E-state index in [9.17, 15) is 0 Å². The molecular formula is C6H11ClN2. The fourth-order valence-corrected chi connectivity index (χ4v) is 0.699. The van der Waals surface area contributed by atoms with Gasteiger partial charge in [0.1, 0.15) is 0 Å². The largest absolute Gasteiger partial charge is 0.394 e. The van der Waals surface area contributed by atoms with Crippen molar-refractivity contribution in [3.05, 3.63) is 11.8 Å². The Morgan fingerprint density at radius 3 is 2.44 bits per heavy atom. The van der Waals surface area contributed by atoms with Crippen molar-refractivity contribution >= 4 is 17.3 Å². The van der Waals surface area contributed by atoms with Gasteiger partial charge in [-0.3, -0.25) is 0 Å². The third-order valence-electron chi connectivity index (χ3n) is 0.944. The van der Waals surface area contributed by atoms with E-state index in [4.69, 9.17) is 17.0 Å². The van der Waals surface area contributed by atoms with Crippen LogP contribution in [0.15, 0.2) is 11.8 Å². The van der Waals surface area contributed by atoms with Gasteiger partial charge in [0, 0.05) is 24.5 Å². The first-order valence-corrected chi connectivity index (χ1v) is 3.23. The Kier molecular flexibility index (Phi) is 4.14. The number of rotatable bonds is 3. The zero-order valence-corrected chi connectivity index (χ0v) is 6.42. The summed E-state index contributed by atoms with van der Waals surface area (Å²) in [4.78, 5) is 0. The van der Waals surface area contributed by atoms with Crippen molar-refractivity contribution in [3.8, 4) is 0 Å². The predicted molar refractivity (Wildman–Crippen MR) is 41.3 cm³/mol. The van der Waals surface area contributed by atoms with Crippen LogP contribution in [-0.4, -0.2) is 18.6 Å². The van der Waals surface area contributed by atoms with Gasteiger partial charge in [0.15, 0.2) is 0 Å². The molecule has 3 heteroatoms. The highest BCUT2D eigenvalue weighted by molar-refractivity contribution is 6.22. The summed E-state index contributed by atoms with van der Waals surface area (Å²) >= 11 is 5.49. The average Bonchev–Trinajstić information content (AvgIpc) is 1.82. The van der Waals surface area contributed by atoms with Gasteiger partial charge >= 0.3 is 0 Å². The lowest BCUT2D eigenvalue weighted by atomic mass is 10.2. The average molecular weight is 147 g/mol. The Balaban J connectivity index is 3.98. The van der Waals surface area contributed by atoms with Crippen LogP contribution in [0.25, 0.3) is 0 Å². The Morgan fingerprint density at radius 1 is 1.78 bits per heavy atom. The minimum Gasteiger partial charge on any atom is -0.394 e. The third-order valence-corrected chi connectivity index (χ3v) is 1.23. The van der Waals surface area contributed by atoms with Crippen molar-refractivity contribution in [1.29, 1.82) is 5.41 Å². The summed E-state index contributed by atoms with van der Waals surface area (Å²) in [7, 11) is 1.79. The van der Waals surface area contributed by atoms with Gasteiger partial charge in [-0.1, -0.05) is 0 Å². The Labute approximate surface area is 60.4 Å². The molecule has 0 radical (unpaired) electrons. The SMILES string of the molecule is CN/C=C(/CCl)C(C)=N. The van der Waals surface area contributed by atoms with Crippen LogP contribution in [0, 0.1) is 5.41 Å². The minimum atomic E-state index is 0.399. The monoisotopic (exact) mass is 146 g/mol. The minimum absolute atomic E-state index is 0.399. The molecule has 0 aromatic rings. The van der Waals surface area contributed by atoms with Crippen molar-refractivity contribution in [1.82, 2.24) is 5.32 Å². The Morgan fingerprint density at radius 2 is 2.33 bits per heavy atom. The van der Waals surface area contributed by atoms with Crippen LogP contribution in [0.2, 0.25) is 0 Å². The number of hydrogen-bond donors (Lipinski definition) is 2. The van der Waals surface area contributed by atoms with E-state index in [0.717, 1.165) is 5.57 Å². The molecule has 2 nitrogen and oxygen atoms in total. The Bertz CT molecular complexity index is 129. The molecule has 0 aromatic carbocycles. The van der Waals surface area contributed by atoms with E-state index in [1.54, 1.807) is 20.2 Å². The zero-order chi connectivity index (χ0) is 7.28. The molecule has 0 aliphatic rings. The van der Waals surface area contributed by atoms with Crippen LogP contribution in [0.3, 0.4) is 0 Å². The standard InChI is InChI=1S/C6H11ClN2/c1-5(8)6(3-7)4-9-2/h4,8-9H,3H2,1-2H3/b6-4-,8-5?. The topological polar surface area (TPSA) is 35.9 Å². The molecule has 0 amide bonds. The summed E-state index contributed by atoms with van der Waals surface area (Å²) in [6.45, 7) is 1.71. The molecule has 0 spiro atoms. The quantitative estimate of drug-likeness (QED) is 0.458. The molecule has 2 N–H and O–H groups in total. The molecule has 0 atom stereocenters. The van der Waals surface area contributed by atoms with E-state index >= 15 is 0 Å². The molecule has 0 unspecified atom stereocenters. The molecular weight excluding hydrogens is 136 g/mol. The van der Waals surface area contributed by atoms with Crippen LogP contribution in [0.5, 0.6) is 0 Å². The van der Waals surface area contributed by atoms with Crippen LogP contribution in [0.1, 0.15) is 6.92 Å². The molecule has 0 fully saturated rings. The number of halogens is 1. The van der Waals surface area contributed by atoms with E-state index in [2.05, 4.69) is 5.32 Å². The second-order valence-electron chi connectivity index (χ2n) is 1.72. The highest BCUT2D eigenvalue weighted by atomic mass is 35.5. The summed E-state index contributed by atoms with van der Waals surface area (Å²) in [5.74, 6) is 0.399. The first-order chi connectivity index (χ1) is 4.22. The second-order valence-corrected chi connectivity index (χ2v) is 1.98. The van der Waals surface area contributed by atoms with E-state index < -0.39 is 0 Å². The summed E-state index contributed by atoms with van der Waals surface area (Å²) in [6, 6.07) is 0. The van der Waals surface area contributed by atoms with Crippen molar-refractivity contribution < 1.29 is 0 Å². The summed E-state index contributed by atoms with van der Waals surface area (Å²) in [5.41, 5.74) is 1.35. The van der Waals surface area contributed by atoms with Gasteiger partial charge in [-0.15, -0.1) is 11.6 Å². The highest BCUT2D eigenvalue weighted by Crippen LogP contribution is 1.96. The lowest BCUT2D eigenvalue weighted by Crippen LogP contribution is -2.03. The van der Waals surface area contributed by atoms with Gasteiger partial charge in [-0.05, 0) is 6.92 Å². The van der Waals surface area contributed by atoms with Crippen molar-refractivity contribution in [2.24, 2.45) is 0 Å². The number of hydrogen-bond acceptors (Lipinski definition) is 2. The van der Waals surface area contributed by atoms with Gasteiger partial charge < -0.3 is 10.7 Å². The molecule has 0 aliphatic carbocycles. The molecule has 0 aliphatic heterocycles. The molecule has 0 saturated carbocycles. The number of alkyl halides is 1. The van der Waals surface area contributed by atoms with Crippen molar-refractivity contribution in [2.45, 2.75) is 6.92 Å². The van der Waals surface area contributed by atoms with Crippen LogP contribution in [-0.2, 0) is 0 Å². The first-order valence-electron chi connectivity index (χ1n) is 2.70. The molecule has 0 heterocycles. The van der Waals surface area contributed by atoms with E-state index in [-0.39, 0.29) is 0 Å². The zero-order valence-electron chi connectivity index (χ0n) is 5.66. The van der Waals surface area contributed by atoms with Gasteiger partial charge in [-0.25, -0.2) is 0 Å². The van der Waals surface area contributed by atoms with E-state index in [0.29, 0.717) is 11.6 Å². The van der Waals surface area contributed by atoms with Gasteiger partial charge in [0.25, 0.3) is 0 Å². The second kappa shape index (κ2) is 4.39. The fourth-order valence-electron chi connectivity index (χ4n) is 0.421. The molecule has 0 aromatic heterocycles. The Hall–Kier alpha value is -0.500. The fraction of sp³-hybridized carbons (Fsp3) is 0.500. The highest BCUT2D eigenvalue weighted by Gasteiger charge is 1.94. The maximum atomic E-state index is 7.16. The normalized spacial score (nSPS) is 11.2. The van der Waals surface area contributed by atoms with Crippen LogP contribution in [0.4, 0.5) is 0 Å². The molecule has 0 bridgehead atoms. The van der Waals surface area contributed by atoms with Gasteiger partial charge in [0.05, 0.1) is 5.88 Å². The van der Waals surface area contributed by atoms with Crippen molar-refractivity contribution in [3.63, 3.8) is 0 Å². The van der Waals surface area contributed by atoms with Crippen LogP contribution < -0.4 is 5.32 Å². The van der Waals surface area contributed by atoms with Crippen molar-refractivity contribution in [2.75, 3.05) is 12.9 Å². The number of allylic oxidation sites excluding steroid dienone is 1. The molecule has 52 valence electrons. The van der Waals surface area contributed by atoms with Gasteiger partial charge in [0.2, 0.25) is 0 Å². The molecule has 0 saturated heterocycles. The summed E-state index contributed by atoms with van der Waals surface area (Å²) in [5, 5.41) is 9.97. The lowest BCUT2D eigenvalue weighted by molar-refractivity contribution is 1.09. The third kappa shape index (κ3) is 3.14. The van der Waals surface area contributed by atoms with Crippen LogP contribution >= 0.6 is 11.6 Å². The molecule has 0 rings (SSSR count). The smallest absolute Gasteiger partial charge is 0.0506 e. The summed E-state index contributed by atoms with van der Waals surface area (Å²) in [6.07, 6.45) is 1.73. The maximum absolute atomic E-state index is 7.16. The lowest BCUT2D eigenvalue weighted by Gasteiger charge is -1.98. The first kappa shape index (κ1) is 8.50. The van der Waals surface area contributed by atoms with Gasteiger partial charge in [-0.2, -0.15) is 0 Å². The predicted octanol–water partition coefficient (Wildman–Crippen LogP) is 1.37.